The first-order valence-corrected chi connectivity index (χ1v) is 3.44. The van der Waals surface area contributed by atoms with Crippen molar-refractivity contribution < 1.29 is 0 Å². The van der Waals surface area contributed by atoms with Crippen molar-refractivity contribution >= 4 is 11.7 Å². The van der Waals surface area contributed by atoms with E-state index >= 15 is 0 Å². The van der Waals surface area contributed by atoms with Crippen LogP contribution in [0.2, 0.25) is 0 Å². The molecule has 0 saturated heterocycles. The molecule has 0 aromatic carbocycles. The normalized spacial score (nSPS) is 11.3. The smallest absolute Gasteiger partial charge is 0.131 e. The van der Waals surface area contributed by atoms with E-state index in [2.05, 4.69) is 15.3 Å². The number of anilines is 1. The van der Waals surface area contributed by atoms with Gasteiger partial charge in [0.2, 0.25) is 0 Å². The maximum Gasteiger partial charge on any atom is 0.131 e. The quantitative estimate of drug-likeness (QED) is 0.485. The number of hydrogen-bond acceptors (Lipinski definition) is 2. The zero-order valence-electron chi connectivity index (χ0n) is 6.70. The molecule has 58 valence electrons. The molecule has 1 aromatic rings. The van der Waals surface area contributed by atoms with Gasteiger partial charge < -0.3 is 5.32 Å². The first-order chi connectivity index (χ1) is 5.33. The topological polar surface area (TPSA) is 37.3 Å². The predicted octanol–water partition coefficient (Wildman–Crippen LogP) is 1.54. The van der Waals surface area contributed by atoms with Crippen molar-refractivity contribution in [2.75, 3.05) is 12.4 Å². The molecular formula is C8H11N3. The first-order valence-electron chi connectivity index (χ1n) is 3.44. The lowest BCUT2D eigenvalue weighted by molar-refractivity contribution is 1.30. The Labute approximate surface area is 66.2 Å². The zero-order valence-corrected chi connectivity index (χ0v) is 6.70. The number of nitrogens with zero attached hydrogens (tertiary/aromatic N) is 2. The fourth-order valence-corrected chi connectivity index (χ4v) is 0.678. The summed E-state index contributed by atoms with van der Waals surface area (Å²) in [7, 11) is 1.74. The molecule has 0 spiro atoms. The second-order valence-electron chi connectivity index (χ2n) is 2.15. The van der Waals surface area contributed by atoms with Crippen LogP contribution in [0.4, 0.5) is 5.82 Å². The summed E-state index contributed by atoms with van der Waals surface area (Å²) in [5, 5.41) is 3.03. The molecular weight excluding hydrogens is 138 g/mol. The van der Waals surface area contributed by atoms with Crippen LogP contribution in [0, 0.1) is 0 Å². The summed E-state index contributed by atoms with van der Waals surface area (Å²) in [5.74, 6) is 1.69. The molecule has 0 fully saturated rings. The molecule has 11 heavy (non-hydrogen) atoms. The highest BCUT2D eigenvalue weighted by Gasteiger charge is 1.90. The highest BCUT2D eigenvalue weighted by molar-refractivity contribution is 5.92. The molecule has 0 saturated carbocycles. The Morgan fingerprint density at radius 1 is 1.55 bits per heavy atom. The van der Waals surface area contributed by atoms with Crippen LogP contribution in [0.1, 0.15) is 6.92 Å². The number of nitrogens with one attached hydrogen (secondary N) is 1. The molecule has 3 nitrogen and oxygen atoms in total. The minimum atomic E-state index is 0.829. The van der Waals surface area contributed by atoms with Crippen molar-refractivity contribution in [3.8, 4) is 0 Å². The van der Waals surface area contributed by atoms with Gasteiger partial charge in [-0.15, -0.1) is 0 Å². The van der Waals surface area contributed by atoms with Gasteiger partial charge in [0, 0.05) is 13.2 Å². The van der Waals surface area contributed by atoms with Crippen LogP contribution in [0.3, 0.4) is 0 Å². The van der Waals surface area contributed by atoms with E-state index in [0.29, 0.717) is 0 Å². The van der Waals surface area contributed by atoms with Gasteiger partial charge in [0.15, 0.2) is 0 Å². The van der Waals surface area contributed by atoms with Gasteiger partial charge in [-0.3, -0.25) is 4.99 Å². The minimum absolute atomic E-state index is 0.829. The van der Waals surface area contributed by atoms with Crippen molar-refractivity contribution in [3.05, 3.63) is 24.4 Å². The average molecular weight is 149 g/mol. The van der Waals surface area contributed by atoms with Crippen LogP contribution in [0.5, 0.6) is 0 Å². The van der Waals surface area contributed by atoms with Crippen molar-refractivity contribution in [2.24, 2.45) is 4.99 Å². The standard InChI is InChI=1S/C8H11N3/c1-7(9-2)11-8-5-3-4-6-10-8/h3-6H,1-2H3,(H,9,10,11). The number of pyridine rings is 1. The number of amidine groups is 1. The van der Waals surface area contributed by atoms with Gasteiger partial charge in [-0.05, 0) is 19.1 Å². The van der Waals surface area contributed by atoms with Crippen LogP contribution in [-0.4, -0.2) is 17.9 Å². The predicted molar refractivity (Wildman–Crippen MR) is 46.9 cm³/mol. The minimum Gasteiger partial charge on any atom is -0.329 e. The molecule has 1 aromatic heterocycles. The molecule has 0 aliphatic heterocycles. The van der Waals surface area contributed by atoms with Gasteiger partial charge in [-0.2, -0.15) is 0 Å². The van der Waals surface area contributed by atoms with Crippen LogP contribution in [-0.2, 0) is 0 Å². The van der Waals surface area contributed by atoms with Gasteiger partial charge in [0.25, 0.3) is 0 Å². The summed E-state index contributed by atoms with van der Waals surface area (Å²) in [5.41, 5.74) is 0. The monoisotopic (exact) mass is 149 g/mol. The van der Waals surface area contributed by atoms with Gasteiger partial charge in [0.05, 0.1) is 5.84 Å². The lowest BCUT2D eigenvalue weighted by Gasteiger charge is -2.01. The van der Waals surface area contributed by atoms with Gasteiger partial charge >= 0.3 is 0 Å². The third-order valence-electron chi connectivity index (χ3n) is 1.31. The summed E-state index contributed by atoms with van der Waals surface area (Å²) in [6.45, 7) is 1.90. The Hall–Kier alpha value is -1.38. The molecule has 0 unspecified atom stereocenters. The molecule has 1 rings (SSSR count). The second kappa shape index (κ2) is 3.71. The number of rotatable bonds is 1. The molecule has 1 heterocycles. The van der Waals surface area contributed by atoms with Crippen molar-refractivity contribution in [3.63, 3.8) is 0 Å². The molecule has 0 radical (unpaired) electrons. The maximum atomic E-state index is 4.07. The lowest BCUT2D eigenvalue weighted by Crippen LogP contribution is -2.07. The molecule has 0 bridgehead atoms. The molecule has 1 N–H and O–H groups in total. The summed E-state index contributed by atoms with van der Waals surface area (Å²) >= 11 is 0. The highest BCUT2D eigenvalue weighted by atomic mass is 15.0. The second-order valence-corrected chi connectivity index (χ2v) is 2.15. The third-order valence-corrected chi connectivity index (χ3v) is 1.31. The summed E-state index contributed by atoms with van der Waals surface area (Å²) in [4.78, 5) is 8.02. The number of hydrogen-bond donors (Lipinski definition) is 1. The van der Waals surface area contributed by atoms with Crippen LogP contribution < -0.4 is 5.32 Å². The van der Waals surface area contributed by atoms with E-state index < -0.39 is 0 Å². The van der Waals surface area contributed by atoms with Crippen LogP contribution >= 0.6 is 0 Å². The third kappa shape index (κ3) is 2.37. The molecule has 0 aliphatic rings. The van der Waals surface area contributed by atoms with E-state index in [1.807, 2.05) is 25.1 Å². The summed E-state index contributed by atoms with van der Waals surface area (Å²) in [6.07, 6.45) is 1.74. The molecule has 0 amide bonds. The number of aromatic nitrogens is 1. The van der Waals surface area contributed by atoms with Gasteiger partial charge in [-0.25, -0.2) is 4.98 Å². The Balaban J connectivity index is 2.65. The lowest BCUT2D eigenvalue weighted by atomic mass is 10.4. The highest BCUT2D eigenvalue weighted by Crippen LogP contribution is 1.98. The van der Waals surface area contributed by atoms with E-state index in [0.717, 1.165) is 11.7 Å². The Bertz CT molecular complexity index is 241. The average Bonchev–Trinajstić information content (AvgIpc) is 2.06. The Morgan fingerprint density at radius 2 is 2.36 bits per heavy atom. The van der Waals surface area contributed by atoms with Crippen molar-refractivity contribution in [1.29, 1.82) is 0 Å². The first kappa shape index (κ1) is 7.72. The fourth-order valence-electron chi connectivity index (χ4n) is 0.678. The van der Waals surface area contributed by atoms with E-state index in [1.54, 1.807) is 13.2 Å². The summed E-state index contributed by atoms with van der Waals surface area (Å²) in [6, 6.07) is 5.70. The Morgan fingerprint density at radius 3 is 2.91 bits per heavy atom. The van der Waals surface area contributed by atoms with E-state index in [-0.39, 0.29) is 0 Å². The summed E-state index contributed by atoms with van der Waals surface area (Å²) < 4.78 is 0. The van der Waals surface area contributed by atoms with E-state index in [9.17, 15) is 0 Å². The molecule has 0 aliphatic carbocycles. The zero-order chi connectivity index (χ0) is 8.10. The van der Waals surface area contributed by atoms with E-state index in [4.69, 9.17) is 0 Å². The van der Waals surface area contributed by atoms with Crippen molar-refractivity contribution in [1.82, 2.24) is 4.98 Å². The SMILES string of the molecule is CN=C(C)Nc1ccccn1. The maximum absolute atomic E-state index is 4.07. The van der Waals surface area contributed by atoms with Crippen LogP contribution in [0.15, 0.2) is 29.4 Å². The van der Waals surface area contributed by atoms with E-state index in [1.165, 1.54) is 0 Å². The van der Waals surface area contributed by atoms with Crippen LogP contribution in [0.25, 0.3) is 0 Å². The molecule has 0 atom stereocenters. The fraction of sp³-hybridized carbons (Fsp3) is 0.250. The Kier molecular flexibility index (Phi) is 2.60. The van der Waals surface area contributed by atoms with Crippen molar-refractivity contribution in [2.45, 2.75) is 6.92 Å². The van der Waals surface area contributed by atoms with Gasteiger partial charge in [0.1, 0.15) is 5.82 Å². The molecule has 3 heteroatoms. The number of aliphatic imine (C=N–C) groups is 1. The largest absolute Gasteiger partial charge is 0.329 e. The van der Waals surface area contributed by atoms with Gasteiger partial charge in [-0.1, -0.05) is 6.07 Å².